The van der Waals surface area contributed by atoms with Crippen molar-refractivity contribution in [1.29, 1.82) is 0 Å². The maximum absolute atomic E-state index is 12.8. The number of nitrogens with one attached hydrogen (secondary N) is 1. The maximum Gasteiger partial charge on any atom is 0.410 e. The zero-order valence-corrected chi connectivity index (χ0v) is 20.5. The van der Waals surface area contributed by atoms with Gasteiger partial charge < -0.3 is 18.9 Å². The van der Waals surface area contributed by atoms with Crippen LogP contribution in [0.15, 0.2) is 46.6 Å². The number of aromatic nitrogens is 1. The number of methoxy groups -OCH3 is 1. The second-order valence-corrected chi connectivity index (χ2v) is 8.91. The lowest BCUT2D eigenvalue weighted by Gasteiger charge is -2.28. The summed E-state index contributed by atoms with van der Waals surface area (Å²) >= 11 is 0. The van der Waals surface area contributed by atoms with Crippen LogP contribution in [0.25, 0.3) is 0 Å². The van der Waals surface area contributed by atoms with E-state index in [0.717, 1.165) is 5.56 Å². The largest absolute Gasteiger partial charge is 0.491 e. The fourth-order valence-electron chi connectivity index (χ4n) is 4.89. The van der Waals surface area contributed by atoms with Crippen LogP contribution in [0.2, 0.25) is 0 Å². The molecule has 196 valence electrons. The highest BCUT2D eigenvalue weighted by molar-refractivity contribution is 6.20. The van der Waals surface area contributed by atoms with Crippen LogP contribution in [0.3, 0.4) is 0 Å². The first-order valence-electron chi connectivity index (χ1n) is 12.1. The van der Waals surface area contributed by atoms with Gasteiger partial charge in [-0.25, -0.2) is 14.6 Å². The summed E-state index contributed by atoms with van der Waals surface area (Å²) in [6.45, 7) is 1.49. The quantitative estimate of drug-likeness (QED) is 0.437. The molecule has 1 aromatic heterocycles. The summed E-state index contributed by atoms with van der Waals surface area (Å²) in [5.74, 6) is 1.00. The van der Waals surface area contributed by atoms with E-state index in [-0.39, 0.29) is 25.2 Å². The van der Waals surface area contributed by atoms with Gasteiger partial charge in [0.25, 0.3) is 5.91 Å². The number of nitrogens with zero attached hydrogens (tertiary/aromatic N) is 5. The molecule has 2 amide bonds. The molecule has 2 saturated heterocycles. The van der Waals surface area contributed by atoms with Gasteiger partial charge in [0.15, 0.2) is 11.5 Å². The Kier molecular flexibility index (Phi) is 6.02. The van der Waals surface area contributed by atoms with Gasteiger partial charge in [-0.05, 0) is 24.3 Å². The van der Waals surface area contributed by atoms with Crippen LogP contribution in [-0.2, 0) is 14.3 Å². The summed E-state index contributed by atoms with van der Waals surface area (Å²) in [4.78, 5) is 53.4. The van der Waals surface area contributed by atoms with Crippen LogP contribution in [0.5, 0.6) is 11.5 Å². The molecule has 38 heavy (non-hydrogen) atoms. The second-order valence-electron chi connectivity index (χ2n) is 8.91. The van der Waals surface area contributed by atoms with Gasteiger partial charge in [-0.2, -0.15) is 0 Å². The molecule has 0 spiro atoms. The van der Waals surface area contributed by atoms with Gasteiger partial charge in [-0.3, -0.25) is 29.9 Å². The zero-order chi connectivity index (χ0) is 26.2. The number of hydrogen-bond donors (Lipinski definition) is 1. The van der Waals surface area contributed by atoms with Crippen molar-refractivity contribution in [2.45, 2.75) is 18.6 Å². The van der Waals surface area contributed by atoms with Gasteiger partial charge >= 0.3 is 12.1 Å². The van der Waals surface area contributed by atoms with Crippen molar-refractivity contribution in [2.24, 2.45) is 9.98 Å². The number of pyridine rings is 1. The first kappa shape index (κ1) is 23.7. The summed E-state index contributed by atoms with van der Waals surface area (Å²) in [5, 5.41) is 2.85. The summed E-state index contributed by atoms with van der Waals surface area (Å²) in [6, 6.07) is 6.34. The molecule has 0 aliphatic carbocycles. The van der Waals surface area contributed by atoms with E-state index in [4.69, 9.17) is 23.9 Å². The number of morpholine rings is 1. The number of hydrogen-bond acceptors (Lipinski definition) is 11. The molecular formula is C25H24N6O7. The minimum atomic E-state index is -0.576. The average molecular weight is 521 g/mol. The molecule has 0 unspecified atom stereocenters. The molecule has 1 aromatic carbocycles. The fraction of sp³-hybridized carbons (Fsp3) is 0.360. The first-order valence-corrected chi connectivity index (χ1v) is 12.1. The smallest absolute Gasteiger partial charge is 0.410 e. The Balaban J connectivity index is 1.16. The van der Waals surface area contributed by atoms with Crippen molar-refractivity contribution in [1.82, 2.24) is 20.1 Å². The number of carbonyl (C=O) groups excluding carboxylic acids is 3. The monoisotopic (exact) mass is 520 g/mol. The Bertz CT molecular complexity index is 1360. The van der Waals surface area contributed by atoms with E-state index in [9.17, 15) is 14.4 Å². The molecule has 13 heteroatoms. The minimum absolute atomic E-state index is 0.0296. The van der Waals surface area contributed by atoms with Crippen molar-refractivity contribution >= 4 is 35.5 Å². The summed E-state index contributed by atoms with van der Waals surface area (Å²) in [6.07, 6.45) is 2.75. The summed E-state index contributed by atoms with van der Waals surface area (Å²) in [5.41, 5.74) is 1.61. The number of ether oxygens (including phenoxy) is 4. The number of likely N-dealkylation sites (tertiary alicyclic amines) is 1. The van der Waals surface area contributed by atoms with Gasteiger partial charge in [0.05, 0.1) is 25.8 Å². The molecule has 13 nitrogen and oxygen atoms in total. The van der Waals surface area contributed by atoms with Crippen molar-refractivity contribution in [3.8, 4) is 11.5 Å². The van der Waals surface area contributed by atoms with Crippen molar-refractivity contribution in [2.75, 3.05) is 40.0 Å². The number of carbonyl (C=O) groups is 3. The van der Waals surface area contributed by atoms with Crippen LogP contribution >= 0.6 is 0 Å². The van der Waals surface area contributed by atoms with Crippen LogP contribution in [0, 0.1) is 0 Å². The lowest BCUT2D eigenvalue weighted by molar-refractivity contribution is -0.150. The highest BCUT2D eigenvalue weighted by atomic mass is 16.6. The molecule has 2 aromatic rings. The number of guanidine groups is 1. The maximum atomic E-state index is 12.8. The molecule has 0 saturated carbocycles. The standard InChI is InChI=1S/C25H24N6O7/c1-35-20-18(36-9-10-37-25(34)31-13-15-11-17(31)23(33)38-15)5-4-16-19(20)28-24(30-8-7-27-21(16)30)29-22(32)14-3-2-6-26-12-14/h2-6,12,15,17H,7-11,13H2,1H3,(H,28,29,32)/t15-,17-/m1/s1. The third-order valence-electron chi connectivity index (χ3n) is 6.62. The van der Waals surface area contributed by atoms with Crippen LogP contribution in [0.4, 0.5) is 10.5 Å². The third kappa shape index (κ3) is 4.15. The number of aliphatic imine (C=N–C) groups is 2. The van der Waals surface area contributed by atoms with E-state index in [1.54, 1.807) is 24.4 Å². The predicted octanol–water partition coefficient (Wildman–Crippen LogP) is 1.10. The molecule has 6 rings (SSSR count). The van der Waals surface area contributed by atoms with E-state index < -0.39 is 18.1 Å². The molecular weight excluding hydrogens is 496 g/mol. The highest BCUT2D eigenvalue weighted by Gasteiger charge is 2.49. The number of rotatable bonds is 6. The highest BCUT2D eigenvalue weighted by Crippen LogP contribution is 2.43. The van der Waals surface area contributed by atoms with Gasteiger partial charge in [0, 0.05) is 30.9 Å². The molecule has 4 aliphatic heterocycles. The Hall–Kier alpha value is -4.68. The minimum Gasteiger partial charge on any atom is -0.491 e. The van der Waals surface area contributed by atoms with Crippen molar-refractivity contribution < 1.29 is 33.3 Å². The van der Waals surface area contributed by atoms with Crippen LogP contribution < -0.4 is 14.8 Å². The number of benzene rings is 1. The fourth-order valence-corrected chi connectivity index (χ4v) is 4.89. The first-order chi connectivity index (χ1) is 18.5. The molecule has 5 heterocycles. The number of fused-ring (bicyclic) bond motifs is 5. The Morgan fingerprint density at radius 3 is 2.89 bits per heavy atom. The summed E-state index contributed by atoms with van der Waals surface area (Å²) in [7, 11) is 1.50. The number of amidine groups is 1. The van der Waals surface area contributed by atoms with Crippen LogP contribution in [0.1, 0.15) is 22.3 Å². The summed E-state index contributed by atoms with van der Waals surface area (Å²) < 4.78 is 21.9. The Labute approximate surface area is 217 Å². The van der Waals surface area contributed by atoms with Gasteiger partial charge in [-0.1, -0.05) is 0 Å². The molecule has 2 bridgehead atoms. The molecule has 2 atom stereocenters. The SMILES string of the molecule is COc1c(OCCOC(=O)N2C[C@H]3C[C@@H]2C(=O)O3)ccc2c1N=C(NC(=O)c1cccnc1)N1CCN=C21. The van der Waals surface area contributed by atoms with Crippen molar-refractivity contribution in [3.05, 3.63) is 47.8 Å². The van der Waals surface area contributed by atoms with E-state index in [0.29, 0.717) is 60.6 Å². The lowest BCUT2D eigenvalue weighted by Crippen LogP contribution is -2.47. The predicted molar refractivity (Wildman–Crippen MR) is 132 cm³/mol. The van der Waals surface area contributed by atoms with Gasteiger partial charge in [0.1, 0.15) is 36.9 Å². The molecule has 0 radical (unpaired) electrons. The normalized spacial score (nSPS) is 20.7. The molecule has 1 N–H and O–H groups in total. The molecule has 2 fully saturated rings. The van der Waals surface area contributed by atoms with Crippen molar-refractivity contribution in [3.63, 3.8) is 0 Å². The average Bonchev–Trinajstić information content (AvgIpc) is 3.67. The van der Waals surface area contributed by atoms with Gasteiger partial charge in [0.2, 0.25) is 5.96 Å². The Morgan fingerprint density at radius 2 is 2.13 bits per heavy atom. The second kappa shape index (κ2) is 9.65. The lowest BCUT2D eigenvalue weighted by atomic mass is 10.1. The number of esters is 1. The van der Waals surface area contributed by atoms with Gasteiger partial charge in [-0.15, -0.1) is 0 Å². The topological polar surface area (TPSA) is 144 Å². The van der Waals surface area contributed by atoms with E-state index in [1.165, 1.54) is 18.2 Å². The number of amides is 2. The third-order valence-corrected chi connectivity index (χ3v) is 6.62. The van der Waals surface area contributed by atoms with E-state index in [1.807, 2.05) is 11.0 Å². The van der Waals surface area contributed by atoms with E-state index >= 15 is 0 Å². The van der Waals surface area contributed by atoms with Crippen LogP contribution in [-0.4, -0.2) is 96.7 Å². The Morgan fingerprint density at radius 1 is 1.24 bits per heavy atom. The molecule has 4 aliphatic rings. The van der Waals surface area contributed by atoms with E-state index in [2.05, 4.69) is 15.3 Å². The zero-order valence-electron chi connectivity index (χ0n) is 20.5.